The normalized spacial score (nSPS) is 9.80. The van der Waals surface area contributed by atoms with Gasteiger partial charge in [0.15, 0.2) is 0 Å². The molecule has 0 aliphatic carbocycles. The third-order valence-electron chi connectivity index (χ3n) is 1.59. The van der Waals surface area contributed by atoms with Gasteiger partial charge in [0.1, 0.15) is 0 Å². The molecule has 0 spiro atoms. The van der Waals surface area contributed by atoms with Gasteiger partial charge < -0.3 is 0 Å². The maximum absolute atomic E-state index is 5.62. The summed E-state index contributed by atoms with van der Waals surface area (Å²) in [6.45, 7) is 2.15. The summed E-state index contributed by atoms with van der Waals surface area (Å²) in [4.78, 5) is 0. The Morgan fingerprint density at radius 2 is 1.60 bits per heavy atom. The minimum absolute atomic E-state index is 0.615. The van der Waals surface area contributed by atoms with Crippen LogP contribution in [-0.2, 0) is 12.3 Å². The second kappa shape index (κ2) is 3.62. The van der Waals surface area contributed by atoms with Gasteiger partial charge in [0.2, 0.25) is 0 Å². The lowest BCUT2D eigenvalue weighted by Gasteiger charge is -1.96. The summed E-state index contributed by atoms with van der Waals surface area (Å²) >= 11 is 5.62. The van der Waals surface area contributed by atoms with Crippen molar-refractivity contribution in [2.45, 2.75) is 19.2 Å². The molecule has 10 heavy (non-hydrogen) atoms. The maximum Gasteiger partial charge on any atom is 0.0474 e. The second-order valence-electron chi connectivity index (χ2n) is 2.30. The fourth-order valence-corrected chi connectivity index (χ4v) is 1.04. The van der Waals surface area contributed by atoms with Crippen molar-refractivity contribution in [2.24, 2.45) is 0 Å². The van der Waals surface area contributed by atoms with Gasteiger partial charge in [-0.15, -0.1) is 11.6 Å². The maximum atomic E-state index is 5.62. The highest BCUT2D eigenvalue weighted by molar-refractivity contribution is 6.17. The van der Waals surface area contributed by atoms with Gasteiger partial charge in [0, 0.05) is 5.88 Å². The van der Waals surface area contributed by atoms with E-state index in [2.05, 4.69) is 31.2 Å². The van der Waals surface area contributed by atoms with Crippen LogP contribution in [0.5, 0.6) is 0 Å². The van der Waals surface area contributed by atoms with Crippen molar-refractivity contribution in [3.8, 4) is 0 Å². The van der Waals surface area contributed by atoms with Gasteiger partial charge in [-0.2, -0.15) is 0 Å². The predicted octanol–water partition coefficient (Wildman–Crippen LogP) is 2.99. The first-order chi connectivity index (χ1) is 4.86. The summed E-state index contributed by atoms with van der Waals surface area (Å²) in [5.41, 5.74) is 2.56. The summed E-state index contributed by atoms with van der Waals surface area (Å²) in [7, 11) is 0. The van der Waals surface area contributed by atoms with E-state index in [0.717, 1.165) is 6.42 Å². The molecular weight excluding hydrogens is 145 g/mol. The Morgan fingerprint density at radius 3 is 2.00 bits per heavy atom. The van der Waals surface area contributed by atoms with E-state index in [9.17, 15) is 0 Å². The Bertz CT molecular complexity index is 165. The van der Waals surface area contributed by atoms with E-state index in [-0.39, 0.29) is 0 Å². The van der Waals surface area contributed by atoms with Crippen LogP contribution in [0.25, 0.3) is 0 Å². The van der Waals surface area contributed by atoms with Gasteiger partial charge in [0.25, 0.3) is 0 Å². The first kappa shape index (κ1) is 7.62. The lowest BCUT2D eigenvalue weighted by molar-refractivity contribution is 1.13. The number of halogens is 1. The number of rotatable bonds is 2. The van der Waals surface area contributed by atoms with Crippen LogP contribution in [0.1, 0.15) is 18.1 Å². The molecule has 54 valence electrons. The Balaban J connectivity index is 2.80. The fourth-order valence-electron chi connectivity index (χ4n) is 0.864. The molecule has 1 rings (SSSR count). The molecule has 0 unspecified atom stereocenters. The summed E-state index contributed by atoms with van der Waals surface area (Å²) < 4.78 is 0. The zero-order chi connectivity index (χ0) is 7.40. The molecule has 0 atom stereocenters. The fraction of sp³-hybridized carbons (Fsp3) is 0.333. The topological polar surface area (TPSA) is 0 Å². The molecule has 1 heteroatoms. The molecule has 0 N–H and O–H groups in total. The van der Waals surface area contributed by atoms with Crippen molar-refractivity contribution in [2.75, 3.05) is 0 Å². The minimum Gasteiger partial charge on any atom is -0.122 e. The summed E-state index contributed by atoms with van der Waals surface area (Å²) in [6, 6.07) is 8.40. The molecule has 0 fully saturated rings. The predicted molar refractivity (Wildman–Crippen MR) is 45.4 cm³/mol. The highest BCUT2D eigenvalue weighted by Gasteiger charge is 1.89. The Kier molecular flexibility index (Phi) is 2.76. The third-order valence-corrected chi connectivity index (χ3v) is 1.89. The largest absolute Gasteiger partial charge is 0.122 e. The lowest BCUT2D eigenvalue weighted by atomic mass is 10.1. The van der Waals surface area contributed by atoms with E-state index in [1.807, 2.05) is 0 Å². The molecule has 1 aromatic carbocycles. The number of aryl methyl sites for hydroxylation is 1. The van der Waals surface area contributed by atoms with Crippen LogP contribution in [0.4, 0.5) is 0 Å². The minimum atomic E-state index is 0.615. The van der Waals surface area contributed by atoms with Crippen molar-refractivity contribution >= 4 is 11.6 Å². The van der Waals surface area contributed by atoms with Crippen LogP contribution < -0.4 is 0 Å². The van der Waals surface area contributed by atoms with Crippen LogP contribution >= 0.6 is 11.6 Å². The SMILES string of the molecule is CCc1ccc([13CH2]Cl)cc1. The van der Waals surface area contributed by atoms with Gasteiger partial charge in [-0.05, 0) is 17.5 Å². The molecule has 0 saturated carbocycles. The van der Waals surface area contributed by atoms with E-state index in [1.54, 1.807) is 0 Å². The summed E-state index contributed by atoms with van der Waals surface area (Å²) in [5, 5.41) is 0. The highest BCUT2D eigenvalue weighted by Crippen LogP contribution is 2.06. The molecule has 0 amide bonds. The third kappa shape index (κ3) is 1.74. The molecule has 0 radical (unpaired) electrons. The molecule has 0 saturated heterocycles. The van der Waals surface area contributed by atoms with E-state index in [1.165, 1.54) is 11.1 Å². The average Bonchev–Trinajstić information content (AvgIpc) is 2.05. The first-order valence-electron chi connectivity index (χ1n) is 3.50. The smallest absolute Gasteiger partial charge is 0.0474 e. The van der Waals surface area contributed by atoms with Crippen molar-refractivity contribution in [3.63, 3.8) is 0 Å². The average molecular weight is 156 g/mol. The quantitative estimate of drug-likeness (QED) is 0.455. The van der Waals surface area contributed by atoms with Crippen LogP contribution in [0.15, 0.2) is 24.3 Å². The van der Waals surface area contributed by atoms with Gasteiger partial charge in [0.05, 0.1) is 0 Å². The van der Waals surface area contributed by atoms with E-state index in [4.69, 9.17) is 11.6 Å². The van der Waals surface area contributed by atoms with Crippen molar-refractivity contribution < 1.29 is 0 Å². The van der Waals surface area contributed by atoms with Gasteiger partial charge >= 0.3 is 0 Å². The van der Waals surface area contributed by atoms with Crippen molar-refractivity contribution in [1.82, 2.24) is 0 Å². The number of hydrogen-bond donors (Lipinski definition) is 0. The molecule has 0 nitrogen and oxygen atoms in total. The van der Waals surface area contributed by atoms with Crippen LogP contribution in [0, 0.1) is 0 Å². The molecule has 0 aromatic heterocycles. The van der Waals surface area contributed by atoms with Gasteiger partial charge in [-0.1, -0.05) is 31.2 Å². The molecule has 0 aliphatic rings. The molecule has 0 aliphatic heterocycles. The van der Waals surface area contributed by atoms with Crippen LogP contribution in [0.3, 0.4) is 0 Å². The molecular formula is C9H11Cl. The second-order valence-corrected chi connectivity index (χ2v) is 2.57. The van der Waals surface area contributed by atoms with E-state index in [0.29, 0.717) is 5.88 Å². The standard InChI is InChI=1S/C9H11Cl/c1-2-8-3-5-9(7-10)6-4-8/h3-6H,2,7H2,1H3/i7+1. The summed E-state index contributed by atoms with van der Waals surface area (Å²) in [6.07, 6.45) is 1.10. The molecule has 0 heterocycles. The highest BCUT2D eigenvalue weighted by atomic mass is 35.5. The first-order valence-corrected chi connectivity index (χ1v) is 4.04. The zero-order valence-corrected chi connectivity index (χ0v) is 6.86. The number of alkyl halides is 1. The Hall–Kier alpha value is -0.490. The summed E-state index contributed by atoms with van der Waals surface area (Å²) in [5.74, 6) is 0.615. The van der Waals surface area contributed by atoms with E-state index >= 15 is 0 Å². The molecule has 1 aromatic rings. The van der Waals surface area contributed by atoms with E-state index < -0.39 is 0 Å². The lowest BCUT2D eigenvalue weighted by Crippen LogP contribution is -1.80. The van der Waals surface area contributed by atoms with Crippen molar-refractivity contribution in [1.29, 1.82) is 0 Å². The van der Waals surface area contributed by atoms with Crippen LogP contribution in [0.2, 0.25) is 0 Å². The van der Waals surface area contributed by atoms with Crippen molar-refractivity contribution in [3.05, 3.63) is 35.4 Å². The Morgan fingerprint density at radius 1 is 1.10 bits per heavy atom. The number of benzene rings is 1. The van der Waals surface area contributed by atoms with Gasteiger partial charge in [-0.25, -0.2) is 0 Å². The van der Waals surface area contributed by atoms with Crippen LogP contribution in [-0.4, -0.2) is 0 Å². The zero-order valence-electron chi connectivity index (χ0n) is 6.10. The Labute approximate surface area is 66.8 Å². The van der Waals surface area contributed by atoms with Gasteiger partial charge in [-0.3, -0.25) is 0 Å². The number of hydrogen-bond acceptors (Lipinski definition) is 0. The monoisotopic (exact) mass is 155 g/mol. The molecule has 0 bridgehead atoms.